The van der Waals surface area contributed by atoms with Gasteiger partial charge in [0.2, 0.25) is 5.71 Å². The van der Waals surface area contributed by atoms with Crippen LogP contribution in [0.4, 0.5) is 15.9 Å². The first-order valence-electron chi connectivity index (χ1n) is 8.63. The van der Waals surface area contributed by atoms with Crippen LogP contribution in [0.2, 0.25) is 0 Å². The number of aromatic nitrogens is 2. The predicted molar refractivity (Wildman–Crippen MR) is 97.1 cm³/mol. The molecule has 1 saturated heterocycles. The van der Waals surface area contributed by atoms with Crippen LogP contribution in [0.1, 0.15) is 34.8 Å². The number of hydrogen-bond acceptors (Lipinski definition) is 5. The van der Waals surface area contributed by atoms with Gasteiger partial charge in [0, 0.05) is 13.1 Å². The van der Waals surface area contributed by atoms with Gasteiger partial charge in [-0.3, -0.25) is 4.79 Å². The van der Waals surface area contributed by atoms with E-state index >= 15 is 0 Å². The lowest BCUT2D eigenvalue weighted by Crippen LogP contribution is -2.21. The van der Waals surface area contributed by atoms with Gasteiger partial charge in [0.05, 0.1) is 16.6 Å². The molecule has 6 nitrogen and oxygen atoms in total. The number of carbonyl (C=O) groups is 1. The largest absolute Gasteiger partial charge is 0.442 e. The molecule has 1 aliphatic rings. The summed E-state index contributed by atoms with van der Waals surface area (Å²) in [5, 5.41) is 3.22. The van der Waals surface area contributed by atoms with Gasteiger partial charge in [-0.2, -0.15) is 4.98 Å². The maximum absolute atomic E-state index is 13.9. The van der Waals surface area contributed by atoms with Gasteiger partial charge < -0.3 is 14.6 Å². The molecule has 0 unspecified atom stereocenters. The minimum absolute atomic E-state index is 0.127. The fourth-order valence-electron chi connectivity index (χ4n) is 3.38. The highest BCUT2D eigenvalue weighted by Crippen LogP contribution is 2.34. The molecule has 1 fully saturated rings. The molecule has 0 saturated carbocycles. The Hall–Kier alpha value is -2.96. The first-order chi connectivity index (χ1) is 12.5. The van der Waals surface area contributed by atoms with Crippen molar-refractivity contribution in [1.82, 2.24) is 9.97 Å². The van der Waals surface area contributed by atoms with E-state index in [2.05, 4.69) is 20.2 Å². The van der Waals surface area contributed by atoms with Crippen molar-refractivity contribution in [2.75, 3.05) is 23.3 Å². The minimum Gasteiger partial charge on any atom is -0.442 e. The van der Waals surface area contributed by atoms with Crippen molar-refractivity contribution in [3.8, 4) is 0 Å². The molecule has 134 valence electrons. The van der Waals surface area contributed by atoms with Crippen molar-refractivity contribution in [2.45, 2.75) is 26.7 Å². The summed E-state index contributed by atoms with van der Waals surface area (Å²) in [6, 6.07) is 6.07. The summed E-state index contributed by atoms with van der Waals surface area (Å²) in [6.07, 6.45) is 2.16. The van der Waals surface area contributed by atoms with Crippen LogP contribution in [0.3, 0.4) is 0 Å². The number of anilines is 2. The molecule has 4 rings (SSSR count). The van der Waals surface area contributed by atoms with Crippen molar-refractivity contribution in [2.24, 2.45) is 0 Å². The quantitative estimate of drug-likeness (QED) is 0.774. The van der Waals surface area contributed by atoms with Crippen molar-refractivity contribution >= 4 is 28.5 Å². The Morgan fingerprint density at radius 1 is 1.19 bits per heavy atom. The lowest BCUT2D eigenvalue weighted by Gasteiger charge is -2.18. The molecule has 1 aliphatic heterocycles. The van der Waals surface area contributed by atoms with E-state index < -0.39 is 11.7 Å². The second-order valence-corrected chi connectivity index (χ2v) is 6.44. The molecule has 0 bridgehead atoms. The number of fused-ring (bicyclic) bond motifs is 1. The van der Waals surface area contributed by atoms with Crippen LogP contribution in [0.15, 0.2) is 28.7 Å². The number of halogens is 1. The highest BCUT2D eigenvalue weighted by atomic mass is 19.1. The molecule has 26 heavy (non-hydrogen) atoms. The van der Waals surface area contributed by atoms with E-state index in [4.69, 9.17) is 4.42 Å². The van der Waals surface area contributed by atoms with Gasteiger partial charge in [-0.05, 0) is 38.8 Å². The molecule has 3 heterocycles. The van der Waals surface area contributed by atoms with Crippen LogP contribution in [-0.4, -0.2) is 29.0 Å². The summed E-state index contributed by atoms with van der Waals surface area (Å²) in [6.45, 7) is 5.27. The lowest BCUT2D eigenvalue weighted by molar-refractivity contribution is 0.102. The number of benzene rings is 1. The van der Waals surface area contributed by atoms with Gasteiger partial charge in [0.25, 0.3) is 5.91 Å². The van der Waals surface area contributed by atoms with Crippen LogP contribution in [0.25, 0.3) is 11.1 Å². The average Bonchev–Trinajstić information content (AvgIpc) is 3.23. The molecule has 3 aromatic rings. The van der Waals surface area contributed by atoms with Gasteiger partial charge in [-0.25, -0.2) is 9.37 Å². The molecular formula is C19H19FN4O2. The normalized spacial score (nSPS) is 14.2. The molecule has 0 atom stereocenters. The van der Waals surface area contributed by atoms with Crippen LogP contribution in [0.5, 0.6) is 0 Å². The molecule has 7 heteroatoms. The van der Waals surface area contributed by atoms with E-state index in [1.165, 1.54) is 12.1 Å². The zero-order valence-electron chi connectivity index (χ0n) is 14.7. The number of amides is 1. The van der Waals surface area contributed by atoms with E-state index in [1.807, 2.05) is 0 Å². The summed E-state index contributed by atoms with van der Waals surface area (Å²) < 4.78 is 19.6. The summed E-state index contributed by atoms with van der Waals surface area (Å²) >= 11 is 0. The number of aryl methyl sites for hydroxylation is 2. The Balaban J connectivity index is 1.82. The molecule has 1 aromatic carbocycles. The van der Waals surface area contributed by atoms with Crippen molar-refractivity contribution < 1.29 is 13.6 Å². The number of para-hydroxylation sites is 1. The number of carbonyl (C=O) groups excluding carboxylic acids is 1. The maximum Gasteiger partial charge on any atom is 0.260 e. The molecular weight excluding hydrogens is 335 g/mol. The van der Waals surface area contributed by atoms with E-state index in [1.54, 1.807) is 26.0 Å². The van der Waals surface area contributed by atoms with Crippen molar-refractivity contribution in [3.63, 3.8) is 0 Å². The highest BCUT2D eigenvalue weighted by Gasteiger charge is 2.27. The molecule has 1 N–H and O–H groups in total. The zero-order chi connectivity index (χ0) is 18.3. The second kappa shape index (κ2) is 6.40. The highest BCUT2D eigenvalue weighted by molar-refractivity contribution is 6.15. The SMILES string of the molecule is Cc1nc(N2CCCC2)c2c(C(=O)Nc3ccccc3F)c(C)oc2n1. The first kappa shape index (κ1) is 16.5. The van der Waals surface area contributed by atoms with Crippen LogP contribution in [0, 0.1) is 19.7 Å². The maximum atomic E-state index is 13.9. The number of hydrogen-bond donors (Lipinski definition) is 1. The Morgan fingerprint density at radius 3 is 2.65 bits per heavy atom. The molecule has 0 aliphatic carbocycles. The second-order valence-electron chi connectivity index (χ2n) is 6.44. The van der Waals surface area contributed by atoms with E-state index in [0.717, 1.165) is 25.9 Å². The lowest BCUT2D eigenvalue weighted by atomic mass is 10.1. The molecule has 0 spiro atoms. The summed E-state index contributed by atoms with van der Waals surface area (Å²) in [7, 11) is 0. The zero-order valence-corrected chi connectivity index (χ0v) is 14.7. The van der Waals surface area contributed by atoms with Gasteiger partial charge in [0.1, 0.15) is 23.2 Å². The van der Waals surface area contributed by atoms with Crippen LogP contribution in [-0.2, 0) is 0 Å². The van der Waals surface area contributed by atoms with Crippen LogP contribution < -0.4 is 10.2 Å². The third-order valence-electron chi connectivity index (χ3n) is 4.58. The van der Waals surface area contributed by atoms with Crippen molar-refractivity contribution in [1.29, 1.82) is 0 Å². The summed E-state index contributed by atoms with van der Waals surface area (Å²) in [5.41, 5.74) is 0.864. The predicted octanol–water partition coefficient (Wildman–Crippen LogP) is 3.83. The minimum atomic E-state index is -0.488. The van der Waals surface area contributed by atoms with Gasteiger partial charge in [0.15, 0.2) is 0 Å². The Bertz CT molecular complexity index is 993. The number of nitrogens with zero attached hydrogens (tertiary/aromatic N) is 3. The average molecular weight is 354 g/mol. The van der Waals surface area contributed by atoms with Gasteiger partial charge in [-0.15, -0.1) is 0 Å². The molecule has 2 aromatic heterocycles. The Labute approximate surface area is 150 Å². The smallest absolute Gasteiger partial charge is 0.260 e. The third kappa shape index (κ3) is 2.79. The van der Waals surface area contributed by atoms with E-state index in [0.29, 0.717) is 34.1 Å². The summed E-state index contributed by atoms with van der Waals surface area (Å²) in [5.74, 6) is 0.821. The van der Waals surface area contributed by atoms with Crippen LogP contribution >= 0.6 is 0 Å². The van der Waals surface area contributed by atoms with E-state index in [-0.39, 0.29) is 5.69 Å². The number of rotatable bonds is 3. The fourth-order valence-corrected chi connectivity index (χ4v) is 3.38. The monoisotopic (exact) mass is 354 g/mol. The Morgan fingerprint density at radius 2 is 1.92 bits per heavy atom. The van der Waals surface area contributed by atoms with Gasteiger partial charge in [-0.1, -0.05) is 12.1 Å². The topological polar surface area (TPSA) is 71.3 Å². The standard InChI is InChI=1S/C19H19FN4O2/c1-11-15(18(25)23-14-8-4-3-7-13(14)20)16-17(24-9-5-6-10-24)21-12(2)22-19(16)26-11/h3-4,7-8H,5-6,9-10H2,1-2H3,(H,23,25). The van der Waals surface area contributed by atoms with E-state index in [9.17, 15) is 9.18 Å². The summed E-state index contributed by atoms with van der Waals surface area (Å²) in [4.78, 5) is 23.9. The first-order valence-corrected chi connectivity index (χ1v) is 8.63. The number of furan rings is 1. The fraction of sp³-hybridized carbons (Fsp3) is 0.316. The molecule has 0 radical (unpaired) electrons. The van der Waals surface area contributed by atoms with Crippen molar-refractivity contribution in [3.05, 3.63) is 47.2 Å². The van der Waals surface area contributed by atoms with Gasteiger partial charge >= 0.3 is 0 Å². The number of nitrogens with one attached hydrogen (secondary N) is 1. The Kier molecular flexibility index (Phi) is 4.06. The molecule has 1 amide bonds. The third-order valence-corrected chi connectivity index (χ3v) is 4.58.